The second kappa shape index (κ2) is 7.59. The van der Waals surface area contributed by atoms with Crippen LogP contribution >= 0.6 is 0 Å². The van der Waals surface area contributed by atoms with E-state index in [2.05, 4.69) is 0 Å². The van der Waals surface area contributed by atoms with E-state index in [-0.39, 0.29) is 11.6 Å². The second-order valence-corrected chi connectivity index (χ2v) is 4.66. The number of carbonyl (C=O) groups is 1. The van der Waals surface area contributed by atoms with Crippen LogP contribution in [0, 0.1) is 10.1 Å². The van der Waals surface area contributed by atoms with Gasteiger partial charge in [0.25, 0.3) is 5.69 Å². The first kappa shape index (κ1) is 16.1. The third kappa shape index (κ3) is 4.62. The number of carbonyl (C=O) groups excluding carboxylic acids is 1. The Morgan fingerprint density at radius 1 is 1.20 bits per heavy atom. The lowest BCUT2D eigenvalue weighted by Crippen LogP contribution is -2.38. The second-order valence-electron chi connectivity index (χ2n) is 4.66. The third-order valence-electron chi connectivity index (χ3n) is 3.12. The molecule has 0 aromatic heterocycles. The van der Waals surface area contributed by atoms with Gasteiger partial charge >= 0.3 is 0 Å². The number of non-ortho nitro benzene ring substituents is 1. The van der Waals surface area contributed by atoms with Gasteiger partial charge in [-0.1, -0.05) is 12.1 Å². The van der Waals surface area contributed by atoms with Gasteiger partial charge in [-0.25, -0.2) is 0 Å². The molecule has 0 N–H and O–H groups in total. The van der Waals surface area contributed by atoms with Gasteiger partial charge in [-0.3, -0.25) is 19.8 Å². The molecule has 0 atom stereocenters. The molecular weight excluding hydrogens is 258 g/mol. The number of benzene rings is 1. The van der Waals surface area contributed by atoms with Crippen molar-refractivity contribution in [2.45, 2.75) is 20.4 Å². The Morgan fingerprint density at radius 3 is 2.20 bits per heavy atom. The molecule has 1 aromatic carbocycles. The average Bonchev–Trinajstić information content (AvgIpc) is 2.40. The number of hydrogen-bond donors (Lipinski definition) is 0. The van der Waals surface area contributed by atoms with E-state index in [0.717, 1.165) is 5.56 Å². The molecule has 0 aliphatic rings. The predicted octanol–water partition coefficient (Wildman–Crippen LogP) is 1.90. The fraction of sp³-hybridized carbons (Fsp3) is 0.500. The maximum Gasteiger partial charge on any atom is 0.269 e. The zero-order chi connectivity index (χ0) is 15.1. The van der Waals surface area contributed by atoms with Crippen LogP contribution in [0.25, 0.3) is 0 Å². The van der Waals surface area contributed by atoms with Crippen molar-refractivity contribution in [2.24, 2.45) is 0 Å². The van der Waals surface area contributed by atoms with E-state index >= 15 is 0 Å². The Balaban J connectivity index is 2.55. The van der Waals surface area contributed by atoms with Crippen LogP contribution in [-0.4, -0.2) is 47.3 Å². The molecule has 0 spiro atoms. The summed E-state index contributed by atoms with van der Waals surface area (Å²) in [7, 11) is 1.86. The molecule has 0 heterocycles. The van der Waals surface area contributed by atoms with Crippen molar-refractivity contribution < 1.29 is 9.72 Å². The normalized spacial score (nSPS) is 10.6. The Bertz CT molecular complexity index is 455. The van der Waals surface area contributed by atoms with Crippen molar-refractivity contribution >= 4 is 11.6 Å². The van der Waals surface area contributed by atoms with Gasteiger partial charge in [-0.05, 0) is 26.5 Å². The Morgan fingerprint density at radius 2 is 1.75 bits per heavy atom. The molecule has 0 bridgehead atoms. The van der Waals surface area contributed by atoms with Crippen molar-refractivity contribution in [3.05, 3.63) is 39.9 Å². The Kier molecular flexibility index (Phi) is 6.11. The molecule has 0 radical (unpaired) electrons. The van der Waals surface area contributed by atoms with Gasteiger partial charge in [-0.2, -0.15) is 0 Å². The van der Waals surface area contributed by atoms with Crippen LogP contribution < -0.4 is 0 Å². The highest BCUT2D eigenvalue weighted by molar-refractivity contribution is 5.78. The average molecular weight is 279 g/mol. The monoisotopic (exact) mass is 279 g/mol. The summed E-state index contributed by atoms with van der Waals surface area (Å²) in [6.45, 7) is 6.26. The molecule has 110 valence electrons. The topological polar surface area (TPSA) is 66.7 Å². The third-order valence-corrected chi connectivity index (χ3v) is 3.12. The molecule has 1 aromatic rings. The number of likely N-dealkylation sites (N-methyl/N-ethyl adjacent to an activating group) is 2. The van der Waals surface area contributed by atoms with Gasteiger partial charge in [0.05, 0.1) is 11.5 Å². The molecule has 1 rings (SSSR count). The lowest BCUT2D eigenvalue weighted by Gasteiger charge is -2.23. The van der Waals surface area contributed by atoms with Crippen molar-refractivity contribution in [1.29, 1.82) is 0 Å². The molecule has 0 saturated heterocycles. The van der Waals surface area contributed by atoms with Crippen molar-refractivity contribution in [2.75, 3.05) is 26.7 Å². The van der Waals surface area contributed by atoms with Gasteiger partial charge in [0.2, 0.25) is 5.91 Å². The van der Waals surface area contributed by atoms with Crippen LogP contribution in [0.5, 0.6) is 0 Å². The first-order valence-corrected chi connectivity index (χ1v) is 6.67. The van der Waals surface area contributed by atoms with Gasteiger partial charge in [0.1, 0.15) is 0 Å². The first-order valence-electron chi connectivity index (χ1n) is 6.67. The van der Waals surface area contributed by atoms with E-state index < -0.39 is 4.92 Å². The van der Waals surface area contributed by atoms with E-state index in [1.54, 1.807) is 17.0 Å². The molecule has 0 fully saturated rings. The van der Waals surface area contributed by atoms with E-state index in [9.17, 15) is 14.9 Å². The van der Waals surface area contributed by atoms with E-state index in [4.69, 9.17) is 0 Å². The highest BCUT2D eigenvalue weighted by Gasteiger charge is 2.13. The van der Waals surface area contributed by atoms with Crippen molar-refractivity contribution in [3.8, 4) is 0 Å². The van der Waals surface area contributed by atoms with Crippen LogP contribution in [0.2, 0.25) is 0 Å². The summed E-state index contributed by atoms with van der Waals surface area (Å²) in [6.07, 6.45) is 0. The summed E-state index contributed by atoms with van der Waals surface area (Å²) in [5, 5.41) is 10.6. The summed E-state index contributed by atoms with van der Waals surface area (Å²) >= 11 is 0. The highest BCUT2D eigenvalue weighted by Crippen LogP contribution is 2.13. The zero-order valence-electron chi connectivity index (χ0n) is 12.2. The maximum atomic E-state index is 11.9. The number of rotatable bonds is 7. The summed E-state index contributed by atoms with van der Waals surface area (Å²) in [4.78, 5) is 25.8. The number of hydrogen-bond acceptors (Lipinski definition) is 4. The van der Waals surface area contributed by atoms with Crippen LogP contribution in [0.4, 0.5) is 5.69 Å². The van der Waals surface area contributed by atoms with E-state index in [0.29, 0.717) is 26.2 Å². The number of amides is 1. The highest BCUT2D eigenvalue weighted by atomic mass is 16.6. The van der Waals surface area contributed by atoms with Crippen molar-refractivity contribution in [1.82, 2.24) is 9.80 Å². The minimum atomic E-state index is -0.419. The van der Waals surface area contributed by atoms with Crippen LogP contribution in [-0.2, 0) is 11.3 Å². The molecule has 20 heavy (non-hydrogen) atoms. The predicted molar refractivity (Wildman–Crippen MR) is 77.4 cm³/mol. The number of nitrogens with zero attached hydrogens (tertiary/aromatic N) is 3. The molecule has 0 saturated carbocycles. The largest absolute Gasteiger partial charge is 0.342 e. The van der Waals surface area contributed by atoms with E-state index in [1.165, 1.54) is 12.1 Å². The summed E-state index contributed by atoms with van der Waals surface area (Å²) in [5.41, 5.74) is 1.03. The standard InChI is InChI=1S/C14H21N3O3/c1-4-16(5-2)14(18)11-15(3)10-12-6-8-13(9-7-12)17(19)20/h6-9H,4-5,10-11H2,1-3H3. The summed E-state index contributed by atoms with van der Waals surface area (Å²) in [6, 6.07) is 6.40. The minimum absolute atomic E-state index is 0.0793. The Labute approximate surface area is 119 Å². The first-order chi connectivity index (χ1) is 9.47. The van der Waals surface area contributed by atoms with Gasteiger partial charge < -0.3 is 4.90 Å². The van der Waals surface area contributed by atoms with E-state index in [1.807, 2.05) is 25.8 Å². The van der Waals surface area contributed by atoms with Crippen LogP contribution in [0.1, 0.15) is 19.4 Å². The Hall–Kier alpha value is -1.95. The molecule has 0 aliphatic carbocycles. The molecule has 1 amide bonds. The molecular formula is C14H21N3O3. The van der Waals surface area contributed by atoms with Gasteiger partial charge in [0, 0.05) is 31.8 Å². The smallest absolute Gasteiger partial charge is 0.269 e. The molecule has 0 unspecified atom stereocenters. The quantitative estimate of drug-likeness (QED) is 0.564. The molecule has 0 aliphatic heterocycles. The van der Waals surface area contributed by atoms with Gasteiger partial charge in [-0.15, -0.1) is 0 Å². The van der Waals surface area contributed by atoms with Gasteiger partial charge in [0.15, 0.2) is 0 Å². The number of nitro groups is 1. The molecule has 6 heteroatoms. The van der Waals surface area contributed by atoms with Crippen molar-refractivity contribution in [3.63, 3.8) is 0 Å². The minimum Gasteiger partial charge on any atom is -0.342 e. The summed E-state index contributed by atoms with van der Waals surface area (Å²) < 4.78 is 0. The zero-order valence-corrected chi connectivity index (χ0v) is 12.2. The van der Waals surface area contributed by atoms with Crippen LogP contribution in [0.15, 0.2) is 24.3 Å². The van der Waals surface area contributed by atoms with Crippen LogP contribution in [0.3, 0.4) is 0 Å². The lowest BCUT2D eigenvalue weighted by atomic mass is 10.2. The number of nitro benzene ring substituents is 1. The fourth-order valence-electron chi connectivity index (χ4n) is 2.00. The lowest BCUT2D eigenvalue weighted by molar-refractivity contribution is -0.384. The summed E-state index contributed by atoms with van der Waals surface area (Å²) in [5.74, 6) is 0.0967. The fourth-order valence-corrected chi connectivity index (χ4v) is 2.00. The SMILES string of the molecule is CCN(CC)C(=O)CN(C)Cc1ccc([N+](=O)[O-])cc1. The maximum absolute atomic E-state index is 11.9. The molecule has 6 nitrogen and oxygen atoms in total.